The molecule has 3 nitrogen and oxygen atoms in total. The minimum Gasteiger partial charge on any atom is -0.349 e. The van der Waals surface area contributed by atoms with Crippen molar-refractivity contribution in [3.05, 3.63) is 35.1 Å². The number of hydrogen-bond donors (Lipinski definition) is 1. The minimum absolute atomic E-state index is 0.00369. The first-order chi connectivity index (χ1) is 6.72. The van der Waals surface area contributed by atoms with Crippen LogP contribution in [-0.2, 0) is 0 Å². The molecule has 1 N–H and O–H groups in total. The van der Waals surface area contributed by atoms with Gasteiger partial charge in [0.15, 0.2) is 0 Å². The highest BCUT2D eigenvalue weighted by atomic mass is 79.9. The number of carbonyl (C=O) groups excluding carboxylic acids is 1. The van der Waals surface area contributed by atoms with E-state index in [1.165, 1.54) is 0 Å². The number of halogens is 1. The van der Waals surface area contributed by atoms with Gasteiger partial charge in [0.1, 0.15) is 5.69 Å². The van der Waals surface area contributed by atoms with Gasteiger partial charge in [0.2, 0.25) is 0 Å². The smallest absolute Gasteiger partial charge is 0.268 e. The topological polar surface area (TPSA) is 34.0 Å². The van der Waals surface area contributed by atoms with Gasteiger partial charge in [-0.05, 0) is 28.4 Å². The summed E-state index contributed by atoms with van der Waals surface area (Å²) in [5.74, 6) is -0.00369. The largest absolute Gasteiger partial charge is 0.349 e. The zero-order chi connectivity index (χ0) is 10.1. The Bertz CT molecular complexity index is 383. The maximum Gasteiger partial charge on any atom is 0.268 e. The van der Waals surface area contributed by atoms with E-state index in [0.29, 0.717) is 12.6 Å². The third-order valence-electron chi connectivity index (χ3n) is 2.38. The fourth-order valence-corrected chi connectivity index (χ4v) is 2.16. The second-order valence-corrected chi connectivity index (χ2v) is 4.25. The maximum absolute atomic E-state index is 11.5. The number of amides is 1. The summed E-state index contributed by atoms with van der Waals surface area (Å²) in [6.45, 7) is 4.40. The lowest BCUT2D eigenvalue weighted by molar-refractivity contribution is 0.0915. The quantitative estimate of drug-likeness (QED) is 0.807. The number of rotatable bonds is 2. The molecule has 0 radical (unpaired) electrons. The highest BCUT2D eigenvalue weighted by molar-refractivity contribution is 9.10. The molecule has 1 unspecified atom stereocenters. The summed E-state index contributed by atoms with van der Waals surface area (Å²) in [5, 5.41) is 2.86. The van der Waals surface area contributed by atoms with Gasteiger partial charge in [-0.25, -0.2) is 0 Å². The van der Waals surface area contributed by atoms with Gasteiger partial charge in [0.25, 0.3) is 5.91 Å². The molecule has 2 rings (SSSR count). The first kappa shape index (κ1) is 9.52. The normalized spacial score (nSPS) is 20.1. The van der Waals surface area contributed by atoms with E-state index in [1.54, 1.807) is 0 Å². The van der Waals surface area contributed by atoms with Crippen LogP contribution in [0.25, 0.3) is 0 Å². The third-order valence-corrected chi connectivity index (χ3v) is 2.81. The number of nitrogens with zero attached hydrogens (tertiary/aromatic N) is 1. The highest BCUT2D eigenvalue weighted by Crippen LogP contribution is 2.24. The van der Waals surface area contributed by atoms with E-state index in [9.17, 15) is 4.79 Å². The Balaban J connectivity index is 2.40. The SMILES string of the molecule is C=CCC1CNC(=O)c2cc(Br)cn21. The maximum atomic E-state index is 11.5. The predicted molar refractivity (Wildman–Crippen MR) is 58.3 cm³/mol. The van der Waals surface area contributed by atoms with Crippen molar-refractivity contribution in [3.63, 3.8) is 0 Å². The van der Waals surface area contributed by atoms with Crippen molar-refractivity contribution in [2.24, 2.45) is 0 Å². The molecule has 0 aliphatic carbocycles. The summed E-state index contributed by atoms with van der Waals surface area (Å²) in [7, 11) is 0. The number of hydrogen-bond acceptors (Lipinski definition) is 1. The summed E-state index contributed by atoms with van der Waals surface area (Å²) in [4.78, 5) is 11.5. The van der Waals surface area contributed by atoms with Crippen LogP contribution in [0.1, 0.15) is 23.0 Å². The van der Waals surface area contributed by atoms with Crippen molar-refractivity contribution in [2.45, 2.75) is 12.5 Å². The first-order valence-electron chi connectivity index (χ1n) is 4.49. The molecule has 0 saturated carbocycles. The summed E-state index contributed by atoms with van der Waals surface area (Å²) in [6.07, 6.45) is 4.69. The van der Waals surface area contributed by atoms with Crippen molar-refractivity contribution in [1.29, 1.82) is 0 Å². The Hall–Kier alpha value is -1.03. The molecule has 1 aliphatic heterocycles. The Kier molecular flexibility index (Phi) is 2.46. The molecule has 1 aliphatic rings. The second kappa shape index (κ2) is 3.61. The molecular formula is C10H11BrN2O. The third kappa shape index (κ3) is 1.50. The van der Waals surface area contributed by atoms with Crippen LogP contribution in [0.5, 0.6) is 0 Å². The van der Waals surface area contributed by atoms with Crippen LogP contribution in [0, 0.1) is 0 Å². The van der Waals surface area contributed by atoms with E-state index in [4.69, 9.17) is 0 Å². The van der Waals surface area contributed by atoms with Crippen molar-refractivity contribution in [2.75, 3.05) is 6.54 Å². The monoisotopic (exact) mass is 254 g/mol. The Morgan fingerprint density at radius 2 is 2.57 bits per heavy atom. The van der Waals surface area contributed by atoms with E-state index in [2.05, 4.69) is 27.8 Å². The van der Waals surface area contributed by atoms with Crippen molar-refractivity contribution < 1.29 is 4.79 Å². The van der Waals surface area contributed by atoms with Crippen molar-refractivity contribution in [3.8, 4) is 0 Å². The van der Waals surface area contributed by atoms with Crippen LogP contribution in [0.3, 0.4) is 0 Å². The molecule has 74 valence electrons. The molecule has 0 fully saturated rings. The fourth-order valence-electron chi connectivity index (χ4n) is 1.72. The summed E-state index contributed by atoms with van der Waals surface area (Å²) >= 11 is 3.37. The molecule has 0 bridgehead atoms. The van der Waals surface area contributed by atoms with Gasteiger partial charge in [-0.15, -0.1) is 6.58 Å². The lowest BCUT2D eigenvalue weighted by Gasteiger charge is -2.25. The number of nitrogens with one attached hydrogen (secondary N) is 1. The second-order valence-electron chi connectivity index (χ2n) is 3.34. The van der Waals surface area contributed by atoms with Gasteiger partial charge >= 0.3 is 0 Å². The van der Waals surface area contributed by atoms with Gasteiger partial charge in [-0.3, -0.25) is 4.79 Å². The molecule has 14 heavy (non-hydrogen) atoms. The summed E-state index contributed by atoms with van der Waals surface area (Å²) in [5.41, 5.74) is 0.718. The average molecular weight is 255 g/mol. The van der Waals surface area contributed by atoms with Gasteiger partial charge < -0.3 is 9.88 Å². The lowest BCUT2D eigenvalue weighted by Crippen LogP contribution is -2.38. The van der Waals surface area contributed by atoms with E-state index < -0.39 is 0 Å². The fraction of sp³-hybridized carbons (Fsp3) is 0.300. The molecule has 0 saturated heterocycles. The van der Waals surface area contributed by atoms with Crippen LogP contribution in [0.2, 0.25) is 0 Å². The number of carbonyl (C=O) groups is 1. The van der Waals surface area contributed by atoms with Gasteiger partial charge in [-0.1, -0.05) is 6.08 Å². The number of fused-ring (bicyclic) bond motifs is 1. The molecule has 1 atom stereocenters. The van der Waals surface area contributed by atoms with E-state index >= 15 is 0 Å². The molecule has 1 amide bonds. The standard InChI is InChI=1S/C10H11BrN2O/c1-2-3-8-5-12-10(14)9-4-7(11)6-13(8)9/h2,4,6,8H,1,3,5H2,(H,12,14). The lowest BCUT2D eigenvalue weighted by atomic mass is 10.1. The molecule has 1 aromatic rings. The van der Waals surface area contributed by atoms with Crippen LogP contribution in [0.15, 0.2) is 29.4 Å². The van der Waals surface area contributed by atoms with E-state index in [0.717, 1.165) is 16.6 Å². The van der Waals surface area contributed by atoms with Crippen molar-refractivity contribution in [1.82, 2.24) is 9.88 Å². The average Bonchev–Trinajstić information content (AvgIpc) is 2.53. The minimum atomic E-state index is -0.00369. The van der Waals surface area contributed by atoms with Crippen LogP contribution in [0.4, 0.5) is 0 Å². The van der Waals surface area contributed by atoms with E-state index in [1.807, 2.05) is 22.9 Å². The highest BCUT2D eigenvalue weighted by Gasteiger charge is 2.23. The number of allylic oxidation sites excluding steroid dienone is 1. The summed E-state index contributed by atoms with van der Waals surface area (Å²) < 4.78 is 2.95. The number of aromatic nitrogens is 1. The van der Waals surface area contributed by atoms with E-state index in [-0.39, 0.29) is 5.91 Å². The predicted octanol–water partition coefficient (Wildman–Crippen LogP) is 2.11. The van der Waals surface area contributed by atoms with Gasteiger partial charge in [0.05, 0.1) is 6.04 Å². The van der Waals surface area contributed by atoms with Gasteiger partial charge in [0, 0.05) is 17.2 Å². The van der Waals surface area contributed by atoms with Crippen LogP contribution in [-0.4, -0.2) is 17.0 Å². The van der Waals surface area contributed by atoms with Crippen LogP contribution < -0.4 is 5.32 Å². The van der Waals surface area contributed by atoms with Crippen molar-refractivity contribution >= 4 is 21.8 Å². The zero-order valence-corrected chi connectivity index (χ0v) is 9.25. The van der Waals surface area contributed by atoms with Gasteiger partial charge in [-0.2, -0.15) is 0 Å². The summed E-state index contributed by atoms with van der Waals surface area (Å²) in [6, 6.07) is 2.14. The van der Waals surface area contributed by atoms with Crippen LogP contribution >= 0.6 is 15.9 Å². The Labute approximate surface area is 90.9 Å². The zero-order valence-electron chi connectivity index (χ0n) is 7.66. The molecule has 1 aromatic heterocycles. The molecule has 2 heterocycles. The molecule has 0 spiro atoms. The Morgan fingerprint density at radius 3 is 3.29 bits per heavy atom. The molecule has 4 heteroatoms. The Morgan fingerprint density at radius 1 is 1.79 bits per heavy atom. The molecule has 0 aromatic carbocycles. The molecular weight excluding hydrogens is 244 g/mol. The first-order valence-corrected chi connectivity index (χ1v) is 5.28.